The van der Waals surface area contributed by atoms with Gasteiger partial charge in [-0.2, -0.15) is 5.10 Å². The number of rotatable bonds is 7. The van der Waals surface area contributed by atoms with Crippen molar-refractivity contribution < 1.29 is 9.90 Å². The fraction of sp³-hybridized carbons (Fsp3) is 0.333. The molecule has 3 rings (SSSR count). The molecule has 26 heavy (non-hydrogen) atoms. The van der Waals surface area contributed by atoms with Crippen molar-refractivity contribution in [3.63, 3.8) is 0 Å². The summed E-state index contributed by atoms with van der Waals surface area (Å²) in [6.07, 6.45) is 2.34. The van der Waals surface area contributed by atoms with Gasteiger partial charge in [-0.3, -0.25) is 4.79 Å². The van der Waals surface area contributed by atoms with Gasteiger partial charge in [-0.15, -0.1) is 0 Å². The van der Waals surface area contributed by atoms with Gasteiger partial charge >= 0.3 is 0 Å². The van der Waals surface area contributed by atoms with E-state index in [1.54, 1.807) is 6.07 Å². The van der Waals surface area contributed by atoms with Crippen LogP contribution in [0.5, 0.6) is 5.75 Å². The summed E-state index contributed by atoms with van der Waals surface area (Å²) in [6.45, 7) is 5.91. The quantitative estimate of drug-likeness (QED) is 0.593. The molecular formula is C21H25N3O2. The zero-order chi connectivity index (χ0) is 18.5. The summed E-state index contributed by atoms with van der Waals surface area (Å²) >= 11 is 0. The molecule has 1 aliphatic rings. The van der Waals surface area contributed by atoms with Crippen molar-refractivity contribution in [2.24, 2.45) is 11.0 Å². The SMILES string of the molecule is CCN(CC)c1ccc(/C=N\NC(=O)[C@@H]2C[C@H]2c2ccccc2)c(O)c1. The molecule has 0 bridgehead atoms. The Hall–Kier alpha value is -2.82. The van der Waals surface area contributed by atoms with E-state index in [2.05, 4.69) is 41.4 Å². The summed E-state index contributed by atoms with van der Waals surface area (Å²) in [5.41, 5.74) is 5.33. The van der Waals surface area contributed by atoms with Crippen LogP contribution in [0.15, 0.2) is 53.6 Å². The van der Waals surface area contributed by atoms with Gasteiger partial charge < -0.3 is 10.0 Å². The molecule has 2 aromatic carbocycles. The molecule has 1 fully saturated rings. The standard InChI is InChI=1S/C21H25N3O2/c1-3-24(4-2)17-11-10-16(20(25)12-17)14-22-23-21(26)19-13-18(19)15-8-6-5-7-9-15/h5-12,14,18-19,25H,3-4,13H2,1-2H3,(H,23,26)/b22-14-/t18-,19+/m0/s1. The topological polar surface area (TPSA) is 64.9 Å². The number of nitrogens with one attached hydrogen (secondary N) is 1. The van der Waals surface area contributed by atoms with Crippen molar-refractivity contribution in [3.05, 3.63) is 59.7 Å². The first-order valence-corrected chi connectivity index (χ1v) is 9.09. The van der Waals surface area contributed by atoms with Gasteiger partial charge in [0.1, 0.15) is 5.75 Å². The number of anilines is 1. The van der Waals surface area contributed by atoms with Crippen LogP contribution in [0, 0.1) is 5.92 Å². The first-order chi connectivity index (χ1) is 12.6. The molecular weight excluding hydrogens is 326 g/mol. The van der Waals surface area contributed by atoms with Crippen molar-refractivity contribution in [1.82, 2.24) is 5.43 Å². The van der Waals surface area contributed by atoms with Gasteiger partial charge in [0.2, 0.25) is 5.91 Å². The molecule has 0 heterocycles. The number of hydrogen-bond acceptors (Lipinski definition) is 4. The monoisotopic (exact) mass is 351 g/mol. The second kappa shape index (κ2) is 8.04. The summed E-state index contributed by atoms with van der Waals surface area (Å²) in [5, 5.41) is 14.2. The van der Waals surface area contributed by atoms with Gasteiger partial charge in [-0.25, -0.2) is 5.43 Å². The Morgan fingerprint density at radius 1 is 1.23 bits per heavy atom. The van der Waals surface area contributed by atoms with Crippen molar-refractivity contribution in [3.8, 4) is 5.75 Å². The minimum absolute atomic E-state index is 0.0202. The van der Waals surface area contributed by atoms with E-state index in [-0.39, 0.29) is 23.5 Å². The third kappa shape index (κ3) is 4.04. The summed E-state index contributed by atoms with van der Waals surface area (Å²) in [7, 11) is 0. The number of benzene rings is 2. The van der Waals surface area contributed by atoms with E-state index in [4.69, 9.17) is 0 Å². The Labute approximate surface area is 154 Å². The number of aromatic hydroxyl groups is 1. The molecule has 0 aromatic heterocycles. The first-order valence-electron chi connectivity index (χ1n) is 9.09. The van der Waals surface area contributed by atoms with Crippen LogP contribution >= 0.6 is 0 Å². The van der Waals surface area contributed by atoms with Crippen LogP contribution in [-0.4, -0.2) is 30.3 Å². The molecule has 2 N–H and O–H groups in total. The Morgan fingerprint density at radius 2 is 1.96 bits per heavy atom. The van der Waals surface area contributed by atoms with Crippen LogP contribution in [-0.2, 0) is 4.79 Å². The normalized spacial score (nSPS) is 18.7. The summed E-state index contributed by atoms with van der Waals surface area (Å²) < 4.78 is 0. The second-order valence-corrected chi connectivity index (χ2v) is 6.51. The van der Waals surface area contributed by atoms with Crippen molar-refractivity contribution in [2.75, 3.05) is 18.0 Å². The molecule has 2 aromatic rings. The van der Waals surface area contributed by atoms with Crippen LogP contribution < -0.4 is 10.3 Å². The molecule has 2 atom stereocenters. The number of carbonyl (C=O) groups is 1. The van der Waals surface area contributed by atoms with Gasteiger partial charge in [0.15, 0.2) is 0 Å². The van der Waals surface area contributed by atoms with Gasteiger partial charge in [-0.1, -0.05) is 30.3 Å². The Bertz CT molecular complexity index is 785. The molecule has 5 heteroatoms. The fourth-order valence-electron chi connectivity index (χ4n) is 3.23. The molecule has 0 saturated heterocycles. The number of phenolic OH excluding ortho intramolecular Hbond substituents is 1. The number of carbonyl (C=O) groups excluding carboxylic acids is 1. The highest BCUT2D eigenvalue weighted by Crippen LogP contribution is 2.47. The number of hydrogen-bond donors (Lipinski definition) is 2. The van der Waals surface area contributed by atoms with Crippen LogP contribution in [0.2, 0.25) is 0 Å². The fourth-order valence-corrected chi connectivity index (χ4v) is 3.23. The zero-order valence-electron chi connectivity index (χ0n) is 15.2. The average molecular weight is 351 g/mol. The van der Waals surface area contributed by atoms with Crippen molar-refractivity contribution in [1.29, 1.82) is 0 Å². The lowest BCUT2D eigenvalue weighted by atomic mass is 10.1. The predicted molar refractivity (Wildman–Crippen MR) is 105 cm³/mol. The summed E-state index contributed by atoms with van der Waals surface area (Å²) in [6, 6.07) is 15.5. The maximum atomic E-state index is 12.2. The highest BCUT2D eigenvalue weighted by molar-refractivity contribution is 5.87. The van der Waals surface area contributed by atoms with E-state index in [0.717, 1.165) is 25.2 Å². The first kappa shape index (κ1) is 18.0. The third-order valence-electron chi connectivity index (χ3n) is 4.88. The molecule has 0 radical (unpaired) electrons. The number of amides is 1. The average Bonchev–Trinajstić information content (AvgIpc) is 3.46. The lowest BCUT2D eigenvalue weighted by Crippen LogP contribution is -2.21. The minimum Gasteiger partial charge on any atom is -0.507 e. The lowest BCUT2D eigenvalue weighted by molar-refractivity contribution is -0.122. The van der Waals surface area contributed by atoms with Gasteiger partial charge in [0, 0.05) is 36.3 Å². The summed E-state index contributed by atoms with van der Waals surface area (Å²) in [4.78, 5) is 14.3. The van der Waals surface area contributed by atoms with E-state index >= 15 is 0 Å². The zero-order valence-corrected chi connectivity index (χ0v) is 15.2. The van der Waals surface area contributed by atoms with Gasteiger partial charge in [-0.05, 0) is 43.9 Å². The van der Waals surface area contributed by atoms with E-state index in [0.29, 0.717) is 5.56 Å². The number of nitrogens with zero attached hydrogens (tertiary/aromatic N) is 2. The maximum Gasteiger partial charge on any atom is 0.243 e. The van der Waals surface area contributed by atoms with Crippen molar-refractivity contribution >= 4 is 17.8 Å². The van der Waals surface area contributed by atoms with Crippen LogP contribution in [0.3, 0.4) is 0 Å². The van der Waals surface area contributed by atoms with Crippen LogP contribution in [0.25, 0.3) is 0 Å². The molecule has 136 valence electrons. The van der Waals surface area contributed by atoms with Crippen LogP contribution in [0.4, 0.5) is 5.69 Å². The number of hydrazone groups is 1. The minimum atomic E-state index is -0.0747. The molecule has 0 spiro atoms. The molecule has 1 saturated carbocycles. The predicted octanol–water partition coefficient (Wildman–Crippen LogP) is 3.49. The van der Waals surface area contributed by atoms with Gasteiger partial charge in [0.05, 0.1) is 6.21 Å². The third-order valence-corrected chi connectivity index (χ3v) is 4.88. The second-order valence-electron chi connectivity index (χ2n) is 6.51. The molecule has 1 aliphatic carbocycles. The van der Waals surface area contributed by atoms with E-state index in [9.17, 15) is 9.90 Å². The molecule has 0 aliphatic heterocycles. The lowest BCUT2D eigenvalue weighted by Gasteiger charge is -2.21. The van der Waals surface area contributed by atoms with Crippen LogP contribution in [0.1, 0.15) is 37.3 Å². The Morgan fingerprint density at radius 3 is 2.62 bits per heavy atom. The highest BCUT2D eigenvalue weighted by Gasteiger charge is 2.43. The van der Waals surface area contributed by atoms with Crippen molar-refractivity contribution in [2.45, 2.75) is 26.2 Å². The molecule has 1 amide bonds. The Balaban J connectivity index is 1.56. The molecule has 0 unspecified atom stereocenters. The summed E-state index contributed by atoms with van der Waals surface area (Å²) in [5.74, 6) is 0.344. The van der Waals surface area contributed by atoms with E-state index in [1.807, 2.05) is 30.3 Å². The van der Waals surface area contributed by atoms with E-state index in [1.165, 1.54) is 11.8 Å². The maximum absolute atomic E-state index is 12.2. The smallest absolute Gasteiger partial charge is 0.243 e. The van der Waals surface area contributed by atoms with E-state index < -0.39 is 0 Å². The highest BCUT2D eigenvalue weighted by atomic mass is 16.3. The largest absolute Gasteiger partial charge is 0.507 e. The van der Waals surface area contributed by atoms with Gasteiger partial charge in [0.25, 0.3) is 0 Å². The Kier molecular flexibility index (Phi) is 5.56. The number of phenols is 1. The molecule has 5 nitrogen and oxygen atoms in total.